The molecule has 0 aliphatic heterocycles. The van der Waals surface area contributed by atoms with E-state index in [2.05, 4.69) is 10.2 Å². The van der Waals surface area contributed by atoms with Gasteiger partial charge in [0.15, 0.2) is 0 Å². The monoisotopic (exact) mass is 229 g/mol. The van der Waals surface area contributed by atoms with Crippen LogP contribution in [0.3, 0.4) is 0 Å². The van der Waals surface area contributed by atoms with Gasteiger partial charge in [-0.2, -0.15) is 8.42 Å². The molecule has 0 spiro atoms. The number of nitrogens with zero attached hydrogens (tertiary/aromatic N) is 3. The number of hydrogen-bond acceptors (Lipinski definition) is 4. The minimum absolute atomic E-state index is 0.0819. The van der Waals surface area contributed by atoms with Gasteiger partial charge in [-0.3, -0.25) is 4.57 Å². The van der Waals surface area contributed by atoms with Gasteiger partial charge in [-0.25, -0.2) is 8.78 Å². The molecule has 1 rings (SSSR count). The van der Waals surface area contributed by atoms with Crippen molar-refractivity contribution < 1.29 is 21.1 Å². The average Bonchev–Trinajstić information content (AvgIpc) is 2.30. The molecule has 14 heavy (non-hydrogen) atoms. The van der Waals surface area contributed by atoms with Crippen LogP contribution in [0, 0.1) is 6.92 Å². The van der Waals surface area contributed by atoms with E-state index in [-0.39, 0.29) is 5.82 Å². The third-order valence-corrected chi connectivity index (χ3v) is 2.18. The van der Waals surface area contributed by atoms with Crippen molar-refractivity contribution in [2.45, 2.75) is 25.1 Å². The highest BCUT2D eigenvalue weighted by molar-refractivity contribution is 7.86. The van der Waals surface area contributed by atoms with Crippen LogP contribution >= 0.6 is 0 Å². The lowest BCUT2D eigenvalue weighted by atomic mass is 10.6. The standard InChI is InChI=1S/C5H6F3N3O2S/c1-3-9-10-5(14(8,12)13)11(3)2-4(6)7/h4H,2H2,1H3. The fourth-order valence-corrected chi connectivity index (χ4v) is 1.50. The van der Waals surface area contributed by atoms with Gasteiger partial charge in [-0.05, 0) is 6.92 Å². The van der Waals surface area contributed by atoms with Crippen LogP contribution in [0.2, 0.25) is 0 Å². The highest BCUT2D eigenvalue weighted by atomic mass is 32.3. The SMILES string of the molecule is Cc1nnc(S(=O)(=O)F)n1CC(F)F. The Labute approximate surface area is 77.8 Å². The van der Waals surface area contributed by atoms with Crippen LogP contribution in [-0.2, 0) is 16.8 Å². The van der Waals surface area contributed by atoms with E-state index in [0.717, 1.165) is 0 Å². The summed E-state index contributed by atoms with van der Waals surface area (Å²) in [4.78, 5) is 0. The summed E-state index contributed by atoms with van der Waals surface area (Å²) in [5, 5.41) is 5.07. The van der Waals surface area contributed by atoms with Gasteiger partial charge in [0, 0.05) is 0 Å². The van der Waals surface area contributed by atoms with Crippen LogP contribution < -0.4 is 0 Å². The summed E-state index contributed by atoms with van der Waals surface area (Å²) >= 11 is 0. The molecule has 5 nitrogen and oxygen atoms in total. The predicted octanol–water partition coefficient (Wildman–Crippen LogP) is 0.510. The maximum atomic E-state index is 12.4. The fourth-order valence-electron chi connectivity index (χ4n) is 0.890. The predicted molar refractivity (Wildman–Crippen MR) is 39.1 cm³/mol. The summed E-state index contributed by atoms with van der Waals surface area (Å²) in [5.74, 6) is -0.0819. The first-order valence-corrected chi connectivity index (χ1v) is 4.83. The van der Waals surface area contributed by atoms with Crippen molar-refractivity contribution in [1.29, 1.82) is 0 Å². The number of aromatic nitrogens is 3. The van der Waals surface area contributed by atoms with E-state index in [1.165, 1.54) is 6.92 Å². The van der Waals surface area contributed by atoms with E-state index in [9.17, 15) is 21.1 Å². The first-order valence-electron chi connectivity index (χ1n) is 3.45. The minimum atomic E-state index is -5.10. The molecule has 80 valence electrons. The van der Waals surface area contributed by atoms with Crippen LogP contribution in [0.4, 0.5) is 12.7 Å². The maximum absolute atomic E-state index is 12.4. The van der Waals surface area contributed by atoms with Crippen LogP contribution in [0.25, 0.3) is 0 Å². The normalized spacial score (nSPS) is 12.4. The third-order valence-electron chi connectivity index (χ3n) is 1.44. The molecule has 0 bridgehead atoms. The molecule has 0 unspecified atom stereocenters. The lowest BCUT2D eigenvalue weighted by Crippen LogP contribution is -2.13. The summed E-state index contributed by atoms with van der Waals surface area (Å²) in [6, 6.07) is 0. The number of alkyl halides is 2. The Morgan fingerprint density at radius 1 is 1.43 bits per heavy atom. The van der Waals surface area contributed by atoms with E-state index in [0.29, 0.717) is 4.57 Å². The van der Waals surface area contributed by atoms with Crippen molar-refractivity contribution in [3.05, 3.63) is 5.82 Å². The average molecular weight is 229 g/mol. The molecular weight excluding hydrogens is 223 g/mol. The van der Waals surface area contributed by atoms with Crippen molar-refractivity contribution in [1.82, 2.24) is 14.8 Å². The molecule has 0 saturated carbocycles. The molecule has 0 atom stereocenters. The van der Waals surface area contributed by atoms with Crippen molar-refractivity contribution in [3.8, 4) is 0 Å². The zero-order chi connectivity index (χ0) is 10.9. The highest BCUT2D eigenvalue weighted by Crippen LogP contribution is 2.12. The summed E-state index contributed by atoms with van der Waals surface area (Å²) in [6.45, 7) is 0.307. The molecular formula is C5H6F3N3O2S. The number of rotatable bonds is 3. The molecule has 0 aromatic carbocycles. The summed E-state index contributed by atoms with van der Waals surface area (Å²) in [7, 11) is -5.10. The zero-order valence-corrected chi connectivity index (χ0v) is 7.80. The molecule has 1 aromatic rings. The molecule has 0 fully saturated rings. The van der Waals surface area contributed by atoms with E-state index in [1.54, 1.807) is 0 Å². The Morgan fingerprint density at radius 2 is 2.00 bits per heavy atom. The van der Waals surface area contributed by atoms with Crippen LogP contribution in [0.5, 0.6) is 0 Å². The molecule has 1 aromatic heterocycles. The number of aryl methyl sites for hydroxylation is 1. The lowest BCUT2D eigenvalue weighted by Gasteiger charge is -2.04. The zero-order valence-electron chi connectivity index (χ0n) is 6.98. The van der Waals surface area contributed by atoms with Gasteiger partial charge in [0.25, 0.3) is 11.6 Å². The van der Waals surface area contributed by atoms with Crippen molar-refractivity contribution in [2.24, 2.45) is 0 Å². The topological polar surface area (TPSA) is 64.8 Å². The molecule has 0 aliphatic rings. The molecule has 0 aliphatic carbocycles. The van der Waals surface area contributed by atoms with E-state index < -0.39 is 28.3 Å². The Balaban J connectivity index is 3.20. The summed E-state index contributed by atoms with van der Waals surface area (Å²) in [6.07, 6.45) is -2.80. The Hall–Kier alpha value is -1.12. The molecule has 0 N–H and O–H groups in total. The van der Waals surface area contributed by atoms with Crippen LogP contribution in [0.15, 0.2) is 5.16 Å². The molecule has 9 heteroatoms. The van der Waals surface area contributed by atoms with Crippen molar-refractivity contribution in [2.75, 3.05) is 0 Å². The van der Waals surface area contributed by atoms with Gasteiger partial charge >= 0.3 is 10.2 Å². The Kier molecular flexibility index (Phi) is 2.79. The molecule has 0 saturated heterocycles. The van der Waals surface area contributed by atoms with Gasteiger partial charge in [0.2, 0.25) is 0 Å². The summed E-state index contributed by atoms with van der Waals surface area (Å²) in [5.41, 5.74) is 0. The minimum Gasteiger partial charge on any atom is -0.294 e. The second-order valence-electron chi connectivity index (χ2n) is 2.47. The first kappa shape index (κ1) is 11.0. The Morgan fingerprint density at radius 3 is 2.43 bits per heavy atom. The smallest absolute Gasteiger partial charge is 0.294 e. The fraction of sp³-hybridized carbons (Fsp3) is 0.600. The molecule has 0 amide bonds. The van der Waals surface area contributed by atoms with Gasteiger partial charge in [-0.15, -0.1) is 10.2 Å². The van der Waals surface area contributed by atoms with Gasteiger partial charge < -0.3 is 0 Å². The van der Waals surface area contributed by atoms with Crippen LogP contribution in [0.1, 0.15) is 5.82 Å². The maximum Gasteiger partial charge on any atom is 0.368 e. The first-order chi connectivity index (χ1) is 6.32. The van der Waals surface area contributed by atoms with Gasteiger partial charge in [0.05, 0.1) is 6.54 Å². The van der Waals surface area contributed by atoms with Crippen LogP contribution in [-0.4, -0.2) is 29.6 Å². The molecule has 0 radical (unpaired) electrons. The summed E-state index contributed by atoms with van der Waals surface area (Å²) < 4.78 is 57.7. The largest absolute Gasteiger partial charge is 0.368 e. The second kappa shape index (κ2) is 3.56. The second-order valence-corrected chi connectivity index (χ2v) is 3.71. The van der Waals surface area contributed by atoms with Gasteiger partial charge in [0.1, 0.15) is 5.82 Å². The van der Waals surface area contributed by atoms with E-state index in [4.69, 9.17) is 0 Å². The Bertz CT molecular complexity index is 427. The lowest BCUT2D eigenvalue weighted by molar-refractivity contribution is 0.122. The molecule has 1 heterocycles. The number of halogens is 3. The van der Waals surface area contributed by atoms with E-state index in [1.807, 2.05) is 0 Å². The highest BCUT2D eigenvalue weighted by Gasteiger charge is 2.24. The van der Waals surface area contributed by atoms with Crippen molar-refractivity contribution >= 4 is 10.2 Å². The van der Waals surface area contributed by atoms with Crippen molar-refractivity contribution in [3.63, 3.8) is 0 Å². The van der Waals surface area contributed by atoms with E-state index >= 15 is 0 Å². The number of hydrogen-bond donors (Lipinski definition) is 0. The quantitative estimate of drug-likeness (QED) is 0.708. The van der Waals surface area contributed by atoms with Gasteiger partial charge in [-0.1, -0.05) is 3.89 Å². The third kappa shape index (κ3) is 2.22.